The molecule has 0 amide bonds. The van der Waals surface area contributed by atoms with E-state index in [9.17, 15) is 5.11 Å². The molecule has 0 saturated carbocycles. The lowest BCUT2D eigenvalue weighted by atomic mass is 10.0. The molecule has 18 heavy (non-hydrogen) atoms. The summed E-state index contributed by atoms with van der Waals surface area (Å²) in [6.45, 7) is 1.85. The molecule has 0 bridgehead atoms. The lowest BCUT2D eigenvalue weighted by Gasteiger charge is -2.14. The van der Waals surface area contributed by atoms with Crippen LogP contribution < -0.4 is 10.5 Å². The Labute approximate surface area is 104 Å². The number of aliphatic hydroxyl groups excluding tert-OH is 1. The van der Waals surface area contributed by atoms with Crippen molar-refractivity contribution < 1.29 is 9.84 Å². The number of nitrogen functional groups attached to an aromatic ring is 1. The smallest absolute Gasteiger partial charge is 0.233 e. The molecule has 0 aliphatic heterocycles. The summed E-state index contributed by atoms with van der Waals surface area (Å²) < 4.78 is 4.91. The van der Waals surface area contributed by atoms with Gasteiger partial charge >= 0.3 is 0 Å². The Morgan fingerprint density at radius 2 is 2.06 bits per heavy atom. The van der Waals surface area contributed by atoms with Crippen molar-refractivity contribution >= 4 is 5.82 Å². The lowest BCUT2D eigenvalue weighted by molar-refractivity contribution is 0.213. The van der Waals surface area contributed by atoms with Crippen molar-refractivity contribution in [2.45, 2.75) is 13.0 Å². The number of hydrogen-bond acceptors (Lipinski definition) is 6. The Morgan fingerprint density at radius 1 is 1.28 bits per heavy atom. The van der Waals surface area contributed by atoms with Crippen LogP contribution in [0.5, 0.6) is 5.88 Å². The van der Waals surface area contributed by atoms with Crippen molar-refractivity contribution in [1.29, 1.82) is 0 Å². The summed E-state index contributed by atoms with van der Waals surface area (Å²) in [5.41, 5.74) is 7.58. The van der Waals surface area contributed by atoms with Gasteiger partial charge in [0.15, 0.2) is 0 Å². The highest BCUT2D eigenvalue weighted by atomic mass is 16.5. The van der Waals surface area contributed by atoms with Gasteiger partial charge in [0.05, 0.1) is 12.8 Å². The molecule has 1 unspecified atom stereocenters. The number of aryl methyl sites for hydroxylation is 1. The van der Waals surface area contributed by atoms with Gasteiger partial charge < -0.3 is 15.6 Å². The molecule has 0 fully saturated rings. The third-order valence-electron chi connectivity index (χ3n) is 2.66. The molecule has 0 saturated heterocycles. The summed E-state index contributed by atoms with van der Waals surface area (Å²) >= 11 is 0. The molecule has 2 rings (SSSR count). The monoisotopic (exact) mass is 246 g/mol. The first kappa shape index (κ1) is 12.3. The number of ether oxygens (including phenoxy) is 1. The molecule has 6 nitrogen and oxygen atoms in total. The molecule has 0 spiro atoms. The van der Waals surface area contributed by atoms with E-state index < -0.39 is 6.10 Å². The first-order chi connectivity index (χ1) is 8.63. The van der Waals surface area contributed by atoms with Gasteiger partial charge in [-0.2, -0.15) is 0 Å². The highest BCUT2D eigenvalue weighted by Crippen LogP contribution is 2.27. The van der Waals surface area contributed by atoms with Gasteiger partial charge in [-0.1, -0.05) is 0 Å². The second kappa shape index (κ2) is 4.97. The number of nitrogens with two attached hydrogens (primary N) is 1. The van der Waals surface area contributed by atoms with Crippen molar-refractivity contribution in [3.8, 4) is 5.88 Å². The second-order valence-corrected chi connectivity index (χ2v) is 3.83. The predicted molar refractivity (Wildman–Crippen MR) is 66.0 cm³/mol. The number of aliphatic hydroxyl groups is 1. The summed E-state index contributed by atoms with van der Waals surface area (Å²) in [6.07, 6.45) is 0.651. The van der Waals surface area contributed by atoms with E-state index in [2.05, 4.69) is 15.2 Å². The normalized spacial score (nSPS) is 12.2. The molecule has 1 atom stereocenters. The van der Waals surface area contributed by atoms with Gasteiger partial charge in [-0.05, 0) is 24.6 Å². The van der Waals surface area contributed by atoms with Crippen LogP contribution in [-0.2, 0) is 0 Å². The molecule has 0 aromatic carbocycles. The third kappa shape index (κ3) is 2.23. The maximum Gasteiger partial charge on any atom is 0.233 e. The van der Waals surface area contributed by atoms with Crippen molar-refractivity contribution in [2.24, 2.45) is 0 Å². The van der Waals surface area contributed by atoms with Crippen molar-refractivity contribution in [3.63, 3.8) is 0 Å². The number of nitrogens with zero attached hydrogens (tertiary/aromatic N) is 3. The van der Waals surface area contributed by atoms with Crippen molar-refractivity contribution in [1.82, 2.24) is 15.2 Å². The zero-order valence-electron chi connectivity index (χ0n) is 10.2. The van der Waals surface area contributed by atoms with E-state index in [0.29, 0.717) is 23.0 Å². The van der Waals surface area contributed by atoms with Crippen LogP contribution in [0.25, 0.3) is 0 Å². The molecule has 2 aromatic heterocycles. The zero-order valence-corrected chi connectivity index (χ0v) is 10.2. The number of aromatic nitrogens is 3. The molecule has 6 heteroatoms. The van der Waals surface area contributed by atoms with Crippen LogP contribution >= 0.6 is 0 Å². The Hall–Kier alpha value is -2.21. The molecule has 2 heterocycles. The van der Waals surface area contributed by atoms with E-state index in [0.717, 1.165) is 5.56 Å². The van der Waals surface area contributed by atoms with E-state index in [1.165, 1.54) is 7.11 Å². The standard InChI is InChI=1S/C12H14N4O2/c1-7-5-6-14-12(13)10(7)11(17)8-3-4-9(18-2)16-15-8/h3-6,11,17H,1-2H3,(H2,13,14). The summed E-state index contributed by atoms with van der Waals surface area (Å²) in [5.74, 6) is 0.682. The van der Waals surface area contributed by atoms with Crippen molar-refractivity contribution in [2.75, 3.05) is 12.8 Å². The van der Waals surface area contributed by atoms with Crippen LogP contribution in [0.3, 0.4) is 0 Å². The third-order valence-corrected chi connectivity index (χ3v) is 2.66. The van der Waals surface area contributed by atoms with Crippen LogP contribution in [0, 0.1) is 6.92 Å². The highest BCUT2D eigenvalue weighted by molar-refractivity contribution is 5.47. The number of methoxy groups -OCH3 is 1. The Morgan fingerprint density at radius 3 is 2.61 bits per heavy atom. The zero-order chi connectivity index (χ0) is 13.1. The van der Waals surface area contributed by atoms with Gasteiger partial charge in [0, 0.05) is 17.8 Å². The van der Waals surface area contributed by atoms with Gasteiger partial charge in [-0.15, -0.1) is 10.2 Å². The van der Waals surface area contributed by atoms with Gasteiger partial charge in [0.25, 0.3) is 0 Å². The minimum Gasteiger partial charge on any atom is -0.480 e. The minimum atomic E-state index is -0.947. The fourth-order valence-electron chi connectivity index (χ4n) is 1.68. The van der Waals surface area contributed by atoms with Crippen LogP contribution in [0.4, 0.5) is 5.82 Å². The summed E-state index contributed by atoms with van der Waals surface area (Å²) in [5, 5.41) is 18.0. The summed E-state index contributed by atoms with van der Waals surface area (Å²) in [6, 6.07) is 5.06. The van der Waals surface area contributed by atoms with E-state index >= 15 is 0 Å². The molecule has 0 radical (unpaired) electrons. The maximum atomic E-state index is 10.3. The van der Waals surface area contributed by atoms with E-state index in [1.807, 2.05) is 6.92 Å². The van der Waals surface area contributed by atoms with E-state index in [1.54, 1.807) is 24.4 Å². The van der Waals surface area contributed by atoms with Gasteiger partial charge in [0.2, 0.25) is 5.88 Å². The molecule has 0 aliphatic rings. The quantitative estimate of drug-likeness (QED) is 0.833. The first-order valence-corrected chi connectivity index (χ1v) is 5.40. The molecule has 2 aromatic rings. The van der Waals surface area contributed by atoms with E-state index in [-0.39, 0.29) is 0 Å². The Kier molecular flexibility index (Phi) is 3.38. The molecular weight excluding hydrogens is 232 g/mol. The van der Waals surface area contributed by atoms with Crippen LogP contribution in [-0.4, -0.2) is 27.4 Å². The average molecular weight is 246 g/mol. The molecule has 94 valence electrons. The van der Waals surface area contributed by atoms with E-state index in [4.69, 9.17) is 10.5 Å². The SMILES string of the molecule is COc1ccc(C(O)c2c(C)ccnc2N)nn1. The average Bonchev–Trinajstić information content (AvgIpc) is 2.38. The van der Waals surface area contributed by atoms with Gasteiger partial charge in [-0.3, -0.25) is 0 Å². The predicted octanol–water partition coefficient (Wildman–Crippen LogP) is 0.853. The fraction of sp³-hybridized carbons (Fsp3) is 0.250. The topological polar surface area (TPSA) is 94.2 Å². The molecular formula is C12H14N4O2. The minimum absolute atomic E-state index is 0.292. The molecule has 3 N–H and O–H groups in total. The largest absolute Gasteiger partial charge is 0.480 e. The number of pyridine rings is 1. The number of hydrogen-bond donors (Lipinski definition) is 2. The van der Waals surface area contributed by atoms with Crippen molar-refractivity contribution in [3.05, 3.63) is 41.2 Å². The number of anilines is 1. The molecule has 0 aliphatic carbocycles. The Bertz CT molecular complexity index is 522. The van der Waals surface area contributed by atoms with Gasteiger partial charge in [0.1, 0.15) is 11.9 Å². The number of rotatable bonds is 3. The van der Waals surface area contributed by atoms with Crippen LogP contribution in [0.15, 0.2) is 24.4 Å². The highest BCUT2D eigenvalue weighted by Gasteiger charge is 2.18. The second-order valence-electron chi connectivity index (χ2n) is 3.83. The van der Waals surface area contributed by atoms with Crippen LogP contribution in [0.1, 0.15) is 22.9 Å². The summed E-state index contributed by atoms with van der Waals surface area (Å²) in [7, 11) is 1.50. The fourth-order valence-corrected chi connectivity index (χ4v) is 1.68. The van der Waals surface area contributed by atoms with Gasteiger partial charge in [-0.25, -0.2) is 4.98 Å². The lowest BCUT2D eigenvalue weighted by Crippen LogP contribution is -2.09. The summed E-state index contributed by atoms with van der Waals surface area (Å²) in [4.78, 5) is 3.97. The van der Waals surface area contributed by atoms with Crippen LogP contribution in [0.2, 0.25) is 0 Å². The maximum absolute atomic E-state index is 10.3. The Balaban J connectivity index is 2.38. The first-order valence-electron chi connectivity index (χ1n) is 5.40.